The summed E-state index contributed by atoms with van der Waals surface area (Å²) in [6, 6.07) is 11.2. The molecule has 0 aliphatic carbocycles. The molecule has 2 amide bonds. The minimum absolute atomic E-state index is 0.0315. The molecule has 2 N–H and O–H groups in total. The third kappa shape index (κ3) is 7.34. The summed E-state index contributed by atoms with van der Waals surface area (Å²) in [5.41, 5.74) is 2.36. The highest BCUT2D eigenvalue weighted by Gasteiger charge is 2.26. The predicted octanol–water partition coefficient (Wildman–Crippen LogP) is 2.59. The number of nitriles is 1. The van der Waals surface area contributed by atoms with Crippen LogP contribution in [0.1, 0.15) is 51.2 Å². The predicted molar refractivity (Wildman–Crippen MR) is 158 cm³/mol. The molecule has 230 valence electrons. The number of carbonyl (C=O) groups is 2. The second kappa shape index (κ2) is 13.9. The molecule has 3 aromatic rings. The Balaban J connectivity index is 1.09. The molecule has 2 aromatic heterocycles. The number of nitrogens with zero attached hydrogens (tertiary/aromatic N) is 5. The van der Waals surface area contributed by atoms with Gasteiger partial charge in [0, 0.05) is 64.4 Å². The van der Waals surface area contributed by atoms with E-state index in [0.29, 0.717) is 87.6 Å². The Kier molecular flexibility index (Phi) is 9.31. The van der Waals surface area contributed by atoms with Crippen LogP contribution in [0.15, 0.2) is 47.2 Å². The van der Waals surface area contributed by atoms with Crippen molar-refractivity contribution < 1.29 is 28.2 Å². The highest BCUT2D eigenvalue weighted by Crippen LogP contribution is 2.24. The number of oxazole rings is 1. The van der Waals surface area contributed by atoms with Gasteiger partial charge in [-0.3, -0.25) is 14.5 Å². The maximum atomic E-state index is 13.3. The van der Waals surface area contributed by atoms with Gasteiger partial charge in [0.1, 0.15) is 18.4 Å². The second-order valence-electron chi connectivity index (χ2n) is 11.1. The van der Waals surface area contributed by atoms with Crippen LogP contribution in [0.2, 0.25) is 0 Å². The van der Waals surface area contributed by atoms with Crippen molar-refractivity contribution in [3.8, 4) is 11.9 Å². The summed E-state index contributed by atoms with van der Waals surface area (Å²) < 4.78 is 22.5. The molecule has 3 fully saturated rings. The minimum atomic E-state index is -0.468. The number of hydrogen-bond acceptors (Lipinski definition) is 11. The molecule has 5 heterocycles. The Morgan fingerprint density at radius 1 is 1.02 bits per heavy atom. The van der Waals surface area contributed by atoms with Crippen LogP contribution in [-0.4, -0.2) is 91.4 Å². The number of rotatable bonds is 9. The van der Waals surface area contributed by atoms with E-state index >= 15 is 0 Å². The van der Waals surface area contributed by atoms with Gasteiger partial charge in [0.05, 0.1) is 42.7 Å². The molecule has 13 nitrogen and oxygen atoms in total. The summed E-state index contributed by atoms with van der Waals surface area (Å²) in [5.74, 6) is -0.248. The van der Waals surface area contributed by atoms with Crippen LogP contribution in [0.3, 0.4) is 0 Å². The first-order chi connectivity index (χ1) is 21.5. The Morgan fingerprint density at radius 2 is 1.86 bits per heavy atom. The Labute approximate surface area is 255 Å². The number of anilines is 2. The van der Waals surface area contributed by atoms with E-state index in [1.54, 1.807) is 18.2 Å². The van der Waals surface area contributed by atoms with Crippen molar-refractivity contribution in [2.45, 2.75) is 38.0 Å². The van der Waals surface area contributed by atoms with Crippen molar-refractivity contribution >= 4 is 23.5 Å². The third-order valence-electron chi connectivity index (χ3n) is 7.94. The van der Waals surface area contributed by atoms with Crippen molar-refractivity contribution in [2.75, 3.05) is 62.8 Å². The Bertz CT molecular complexity index is 1480. The quantitative estimate of drug-likeness (QED) is 0.372. The van der Waals surface area contributed by atoms with Crippen LogP contribution in [0.5, 0.6) is 5.88 Å². The molecular weight excluding hydrogens is 566 g/mol. The van der Waals surface area contributed by atoms with Gasteiger partial charge in [0.15, 0.2) is 5.69 Å². The molecule has 3 aliphatic heterocycles. The zero-order valence-electron chi connectivity index (χ0n) is 24.4. The zero-order chi connectivity index (χ0) is 30.3. The number of benzene rings is 1. The first kappa shape index (κ1) is 29.6. The lowest BCUT2D eigenvalue weighted by Crippen LogP contribution is -2.38. The van der Waals surface area contributed by atoms with E-state index < -0.39 is 5.91 Å². The number of ether oxygens (including phenoxy) is 3. The molecule has 0 saturated carbocycles. The van der Waals surface area contributed by atoms with E-state index in [1.165, 1.54) is 12.5 Å². The van der Waals surface area contributed by atoms with E-state index in [9.17, 15) is 9.59 Å². The Hall–Kier alpha value is -4.51. The maximum absolute atomic E-state index is 13.3. The fraction of sp³-hybridized carbons (Fsp3) is 0.452. The Morgan fingerprint density at radius 3 is 2.59 bits per heavy atom. The number of morpholine rings is 1. The lowest BCUT2D eigenvalue weighted by atomic mass is 10.1. The molecular formula is C31H35N7O6. The second-order valence-corrected chi connectivity index (χ2v) is 11.1. The molecule has 6 rings (SSSR count). The van der Waals surface area contributed by atoms with E-state index in [1.807, 2.05) is 23.1 Å². The molecule has 44 heavy (non-hydrogen) atoms. The van der Waals surface area contributed by atoms with Gasteiger partial charge in [-0.05, 0) is 30.2 Å². The molecule has 13 heteroatoms. The van der Waals surface area contributed by atoms with Crippen LogP contribution in [0.4, 0.5) is 11.7 Å². The lowest BCUT2D eigenvalue weighted by molar-refractivity contribution is 0.0342. The summed E-state index contributed by atoms with van der Waals surface area (Å²) >= 11 is 0. The first-order valence-corrected chi connectivity index (χ1v) is 14.9. The summed E-state index contributed by atoms with van der Waals surface area (Å²) in [5, 5.41) is 14.8. The SMILES string of the molecule is N#Cc1ccc(OC2CCN(c3nc(C(=O)Nc4ccc(CN5CCOCC5)cc4C(=O)N[C@@H]4CCOC4)co3)CC2)nc1. The van der Waals surface area contributed by atoms with Gasteiger partial charge < -0.3 is 34.2 Å². The molecule has 1 atom stereocenters. The topological polar surface area (TPSA) is 155 Å². The number of carbonyl (C=O) groups excluding carboxylic acids is 2. The monoisotopic (exact) mass is 601 g/mol. The van der Waals surface area contributed by atoms with Gasteiger partial charge >= 0.3 is 0 Å². The van der Waals surface area contributed by atoms with Gasteiger partial charge in [0.2, 0.25) is 5.88 Å². The molecule has 3 aliphatic rings. The van der Waals surface area contributed by atoms with Crippen LogP contribution in [0.25, 0.3) is 0 Å². The largest absolute Gasteiger partial charge is 0.474 e. The fourth-order valence-electron chi connectivity index (χ4n) is 5.47. The van der Waals surface area contributed by atoms with Gasteiger partial charge in [-0.25, -0.2) is 4.98 Å². The third-order valence-corrected chi connectivity index (χ3v) is 7.94. The van der Waals surface area contributed by atoms with E-state index in [4.69, 9.17) is 23.9 Å². The van der Waals surface area contributed by atoms with E-state index in [-0.39, 0.29) is 23.7 Å². The number of nitrogens with one attached hydrogen (secondary N) is 2. The number of aromatic nitrogens is 2. The maximum Gasteiger partial charge on any atom is 0.297 e. The number of piperidine rings is 1. The van der Waals surface area contributed by atoms with Crippen LogP contribution < -0.4 is 20.3 Å². The van der Waals surface area contributed by atoms with Crippen LogP contribution in [0, 0.1) is 11.3 Å². The summed E-state index contributed by atoms with van der Waals surface area (Å²) in [7, 11) is 0. The zero-order valence-corrected chi connectivity index (χ0v) is 24.4. The normalized spacial score (nSPS) is 19.3. The van der Waals surface area contributed by atoms with Crippen molar-refractivity contribution in [3.63, 3.8) is 0 Å². The van der Waals surface area contributed by atoms with Gasteiger partial charge in [-0.2, -0.15) is 10.2 Å². The number of hydrogen-bond donors (Lipinski definition) is 2. The molecule has 0 spiro atoms. The lowest BCUT2D eigenvalue weighted by Gasteiger charge is -2.30. The number of amides is 2. The van der Waals surface area contributed by atoms with Crippen LogP contribution >= 0.6 is 0 Å². The minimum Gasteiger partial charge on any atom is -0.474 e. The van der Waals surface area contributed by atoms with E-state index in [0.717, 1.165) is 25.1 Å². The van der Waals surface area contributed by atoms with Gasteiger partial charge in [-0.15, -0.1) is 0 Å². The van der Waals surface area contributed by atoms with Crippen molar-refractivity contribution in [1.29, 1.82) is 5.26 Å². The van der Waals surface area contributed by atoms with Crippen molar-refractivity contribution in [2.24, 2.45) is 0 Å². The molecule has 3 saturated heterocycles. The standard InChI is InChI=1S/C31H35N7O6/c32-16-22-2-4-28(33-17-22)44-24-5-8-38(9-6-24)31-36-27(20-43-31)30(40)35-26-3-1-21(18-37-10-13-41-14-11-37)15-25(26)29(39)34-23-7-12-42-19-23/h1-4,15,17,20,23-24H,5-14,18-19H2,(H,34,39)(H,35,40)/t23-/m1/s1. The van der Waals surface area contributed by atoms with Crippen molar-refractivity contribution in [1.82, 2.24) is 20.2 Å². The molecule has 0 bridgehead atoms. The number of pyridine rings is 1. The average Bonchev–Trinajstić information content (AvgIpc) is 3.76. The van der Waals surface area contributed by atoms with Crippen molar-refractivity contribution in [3.05, 3.63) is 65.2 Å². The van der Waals surface area contributed by atoms with Gasteiger partial charge in [0.25, 0.3) is 17.8 Å². The highest BCUT2D eigenvalue weighted by atomic mass is 16.5. The summed E-state index contributed by atoms with van der Waals surface area (Å²) in [4.78, 5) is 39.5. The smallest absolute Gasteiger partial charge is 0.297 e. The van der Waals surface area contributed by atoms with E-state index in [2.05, 4.69) is 25.5 Å². The molecule has 0 unspecified atom stereocenters. The first-order valence-electron chi connectivity index (χ1n) is 14.9. The molecule has 0 radical (unpaired) electrons. The highest BCUT2D eigenvalue weighted by molar-refractivity contribution is 6.08. The summed E-state index contributed by atoms with van der Waals surface area (Å²) in [6.07, 6.45) is 4.97. The average molecular weight is 602 g/mol. The molecule has 1 aromatic carbocycles. The van der Waals surface area contributed by atoms with Gasteiger partial charge in [-0.1, -0.05) is 6.07 Å². The summed E-state index contributed by atoms with van der Waals surface area (Å²) in [6.45, 7) is 6.04. The van der Waals surface area contributed by atoms with Crippen LogP contribution in [-0.2, 0) is 16.0 Å². The fourth-order valence-corrected chi connectivity index (χ4v) is 5.47.